The third-order valence-electron chi connectivity index (χ3n) is 2.58. The van der Waals surface area contributed by atoms with E-state index < -0.39 is 12.1 Å². The molecule has 1 amide bonds. The average Bonchev–Trinajstić information content (AvgIpc) is 2.81. The van der Waals surface area contributed by atoms with E-state index in [-0.39, 0.29) is 25.4 Å². The van der Waals surface area contributed by atoms with Gasteiger partial charge in [0.25, 0.3) is 0 Å². The van der Waals surface area contributed by atoms with E-state index in [9.17, 15) is 9.59 Å². The number of carbonyl (C=O) groups is 2. The van der Waals surface area contributed by atoms with E-state index in [2.05, 4.69) is 15.5 Å². The molecule has 0 bridgehead atoms. The molecule has 1 aromatic rings. The van der Waals surface area contributed by atoms with Gasteiger partial charge >= 0.3 is 5.97 Å². The number of amides is 1. The van der Waals surface area contributed by atoms with Gasteiger partial charge in [-0.05, 0) is 10.4 Å². The Morgan fingerprint density at radius 1 is 1.50 bits per heavy atom. The van der Waals surface area contributed by atoms with Crippen LogP contribution in [0.2, 0.25) is 0 Å². The van der Waals surface area contributed by atoms with Crippen molar-refractivity contribution < 1.29 is 19.4 Å². The Balaban J connectivity index is 1.88. The molecule has 9 heteroatoms. The van der Waals surface area contributed by atoms with E-state index >= 15 is 0 Å². The Hall–Kier alpha value is -2.03. The molecule has 1 aliphatic heterocycles. The highest BCUT2D eigenvalue weighted by Crippen LogP contribution is 2.09. The fourth-order valence-electron chi connectivity index (χ4n) is 1.76. The molecule has 1 saturated heterocycles. The summed E-state index contributed by atoms with van der Waals surface area (Å²) in [6.45, 7) is 1.14. The molecule has 1 fully saturated rings. The molecule has 1 aromatic heterocycles. The van der Waals surface area contributed by atoms with Crippen molar-refractivity contribution in [2.45, 2.75) is 19.1 Å². The maximum Gasteiger partial charge on any atom is 0.306 e. The topological polar surface area (TPSA) is 110 Å². The van der Waals surface area contributed by atoms with Gasteiger partial charge in [-0.1, -0.05) is 0 Å². The van der Waals surface area contributed by atoms with Gasteiger partial charge < -0.3 is 14.7 Å². The van der Waals surface area contributed by atoms with Crippen LogP contribution in [0.4, 0.5) is 0 Å². The zero-order chi connectivity index (χ0) is 13.0. The first-order chi connectivity index (χ1) is 8.65. The first kappa shape index (κ1) is 12.4. The fraction of sp³-hybridized carbons (Fsp3) is 0.667. The summed E-state index contributed by atoms with van der Waals surface area (Å²) in [4.78, 5) is 24.1. The van der Waals surface area contributed by atoms with Crippen molar-refractivity contribution in [3.8, 4) is 0 Å². The van der Waals surface area contributed by atoms with Crippen LogP contribution >= 0.6 is 0 Å². The zero-order valence-corrected chi connectivity index (χ0v) is 9.60. The minimum atomic E-state index is -0.935. The van der Waals surface area contributed by atoms with Crippen molar-refractivity contribution in [2.75, 3.05) is 19.7 Å². The third-order valence-corrected chi connectivity index (χ3v) is 2.58. The second-order valence-electron chi connectivity index (χ2n) is 3.94. The van der Waals surface area contributed by atoms with E-state index in [4.69, 9.17) is 9.84 Å². The monoisotopic (exact) mass is 255 g/mol. The summed E-state index contributed by atoms with van der Waals surface area (Å²) >= 11 is 0. The smallest absolute Gasteiger partial charge is 0.306 e. The lowest BCUT2D eigenvalue weighted by Crippen LogP contribution is -2.47. The lowest BCUT2D eigenvalue weighted by molar-refractivity contribution is -0.148. The summed E-state index contributed by atoms with van der Waals surface area (Å²) in [7, 11) is 0. The van der Waals surface area contributed by atoms with Gasteiger partial charge in [-0.3, -0.25) is 9.59 Å². The van der Waals surface area contributed by atoms with Crippen LogP contribution < -0.4 is 0 Å². The molecule has 2 rings (SSSR count). The SMILES string of the molecule is O=C(O)CC1CN(C(=O)Cn2cnnn2)CCO1. The molecule has 1 N–H and O–H groups in total. The summed E-state index contributed by atoms with van der Waals surface area (Å²) < 4.78 is 6.61. The summed E-state index contributed by atoms with van der Waals surface area (Å²) in [6.07, 6.45) is 0.802. The van der Waals surface area contributed by atoms with Crippen molar-refractivity contribution >= 4 is 11.9 Å². The maximum absolute atomic E-state index is 11.9. The molecule has 0 radical (unpaired) electrons. The van der Waals surface area contributed by atoms with Crippen molar-refractivity contribution in [3.05, 3.63) is 6.33 Å². The number of carboxylic acids is 1. The molecule has 1 aliphatic rings. The third kappa shape index (κ3) is 3.23. The van der Waals surface area contributed by atoms with E-state index in [1.165, 1.54) is 11.0 Å². The van der Waals surface area contributed by atoms with Gasteiger partial charge in [0.15, 0.2) is 0 Å². The van der Waals surface area contributed by atoms with Crippen LogP contribution in [0.5, 0.6) is 0 Å². The second kappa shape index (κ2) is 5.54. The predicted molar refractivity (Wildman–Crippen MR) is 56.4 cm³/mol. The summed E-state index contributed by atoms with van der Waals surface area (Å²) in [6, 6.07) is 0. The van der Waals surface area contributed by atoms with Crippen LogP contribution in [0.1, 0.15) is 6.42 Å². The number of ether oxygens (including phenoxy) is 1. The number of tetrazole rings is 1. The molecule has 9 nitrogen and oxygen atoms in total. The lowest BCUT2D eigenvalue weighted by Gasteiger charge is -2.32. The maximum atomic E-state index is 11.9. The Kier molecular flexibility index (Phi) is 3.82. The van der Waals surface area contributed by atoms with Crippen LogP contribution in [0.3, 0.4) is 0 Å². The summed E-state index contributed by atoms with van der Waals surface area (Å²) in [5.41, 5.74) is 0. The quantitative estimate of drug-likeness (QED) is 0.688. The Bertz CT molecular complexity index is 421. The largest absolute Gasteiger partial charge is 0.481 e. The van der Waals surface area contributed by atoms with E-state index in [0.717, 1.165) is 0 Å². The minimum absolute atomic E-state index is 0.0484. The highest BCUT2D eigenvalue weighted by molar-refractivity contribution is 5.76. The Labute approximate surface area is 102 Å². The van der Waals surface area contributed by atoms with E-state index in [1.807, 2.05) is 0 Å². The first-order valence-corrected chi connectivity index (χ1v) is 5.47. The number of carbonyl (C=O) groups excluding carboxylic acids is 1. The Morgan fingerprint density at radius 3 is 3.00 bits per heavy atom. The fourth-order valence-corrected chi connectivity index (χ4v) is 1.76. The second-order valence-corrected chi connectivity index (χ2v) is 3.94. The molecule has 0 aliphatic carbocycles. The number of aliphatic carboxylic acids is 1. The lowest BCUT2D eigenvalue weighted by atomic mass is 10.2. The van der Waals surface area contributed by atoms with Crippen LogP contribution in [0.25, 0.3) is 0 Å². The number of aromatic nitrogens is 4. The number of morpholine rings is 1. The van der Waals surface area contributed by atoms with Crippen molar-refractivity contribution in [3.63, 3.8) is 0 Å². The minimum Gasteiger partial charge on any atom is -0.481 e. The van der Waals surface area contributed by atoms with Crippen LogP contribution in [-0.2, 0) is 20.9 Å². The first-order valence-electron chi connectivity index (χ1n) is 5.47. The van der Waals surface area contributed by atoms with Gasteiger partial charge in [-0.2, -0.15) is 0 Å². The highest BCUT2D eigenvalue weighted by atomic mass is 16.5. The summed E-state index contributed by atoms with van der Waals surface area (Å²) in [5.74, 6) is -1.09. The van der Waals surface area contributed by atoms with Gasteiger partial charge in [0, 0.05) is 13.1 Å². The van der Waals surface area contributed by atoms with Gasteiger partial charge in [0.05, 0.1) is 19.1 Å². The van der Waals surface area contributed by atoms with Crippen molar-refractivity contribution in [2.24, 2.45) is 0 Å². The molecule has 0 spiro atoms. The normalized spacial score (nSPS) is 19.8. The molecule has 2 heterocycles. The van der Waals surface area contributed by atoms with E-state index in [1.54, 1.807) is 4.90 Å². The molecule has 18 heavy (non-hydrogen) atoms. The van der Waals surface area contributed by atoms with Gasteiger partial charge in [0.1, 0.15) is 12.9 Å². The number of hydrogen-bond donors (Lipinski definition) is 1. The average molecular weight is 255 g/mol. The van der Waals surface area contributed by atoms with E-state index in [0.29, 0.717) is 13.2 Å². The molecule has 0 aromatic carbocycles. The van der Waals surface area contributed by atoms with Gasteiger partial charge in [-0.15, -0.1) is 5.10 Å². The molecule has 98 valence electrons. The molecular formula is C9H13N5O4. The summed E-state index contributed by atoms with van der Waals surface area (Å²) in [5, 5.41) is 19.2. The number of nitrogens with zero attached hydrogens (tertiary/aromatic N) is 5. The highest BCUT2D eigenvalue weighted by Gasteiger charge is 2.26. The zero-order valence-electron chi connectivity index (χ0n) is 9.60. The number of rotatable bonds is 4. The van der Waals surface area contributed by atoms with Crippen molar-refractivity contribution in [1.82, 2.24) is 25.1 Å². The van der Waals surface area contributed by atoms with Crippen LogP contribution in [-0.4, -0.2) is 67.9 Å². The molecular weight excluding hydrogens is 242 g/mol. The number of carboxylic acid groups (broad SMARTS) is 1. The predicted octanol–water partition coefficient (Wildman–Crippen LogP) is -1.62. The van der Waals surface area contributed by atoms with Gasteiger partial charge in [-0.25, -0.2) is 4.68 Å². The molecule has 0 saturated carbocycles. The van der Waals surface area contributed by atoms with Crippen LogP contribution in [0.15, 0.2) is 6.33 Å². The standard InChI is InChI=1S/C9H13N5O4/c15-8(5-14-6-10-11-12-14)13-1-2-18-7(4-13)3-9(16)17/h6-7H,1-5H2,(H,16,17). The van der Waals surface area contributed by atoms with Crippen LogP contribution in [0, 0.1) is 0 Å². The molecule has 1 atom stereocenters. The number of hydrogen-bond acceptors (Lipinski definition) is 6. The Morgan fingerprint density at radius 2 is 2.33 bits per heavy atom. The molecule has 1 unspecified atom stereocenters. The van der Waals surface area contributed by atoms with Crippen molar-refractivity contribution in [1.29, 1.82) is 0 Å². The van der Waals surface area contributed by atoms with Gasteiger partial charge in [0.2, 0.25) is 5.91 Å².